The number of thioether (sulfide) groups is 1. The lowest BCUT2D eigenvalue weighted by Gasteiger charge is -2.16. The lowest BCUT2D eigenvalue weighted by atomic mass is 10.2. The Hall–Kier alpha value is -1.26. The van der Waals surface area contributed by atoms with Crippen molar-refractivity contribution in [2.24, 2.45) is 5.92 Å². The zero-order chi connectivity index (χ0) is 22.2. The maximum absolute atomic E-state index is 12.9. The van der Waals surface area contributed by atoms with Crippen LogP contribution in [0.25, 0.3) is 5.69 Å². The van der Waals surface area contributed by atoms with Gasteiger partial charge in [0, 0.05) is 10.6 Å². The molecule has 0 aromatic heterocycles. The minimum atomic E-state index is -4.02. The second kappa shape index (κ2) is 9.08. The first-order chi connectivity index (χ1) is 14.0. The van der Waals surface area contributed by atoms with Gasteiger partial charge in [-0.15, -0.1) is 23.1 Å². The second-order valence-corrected chi connectivity index (χ2v) is 12.3. The number of halogens is 2. The molecule has 6 nitrogen and oxygen atoms in total. The van der Waals surface area contributed by atoms with Gasteiger partial charge in [-0.2, -0.15) is 4.98 Å². The molecule has 0 radical (unpaired) electrons. The van der Waals surface area contributed by atoms with Crippen LogP contribution in [0.4, 0.5) is 5.82 Å². The molecule has 3 rings (SSSR count). The highest BCUT2D eigenvalue weighted by molar-refractivity contribution is 8.01. The van der Waals surface area contributed by atoms with Crippen LogP contribution in [0.2, 0.25) is 10.0 Å². The van der Waals surface area contributed by atoms with Crippen molar-refractivity contribution in [1.82, 2.24) is 9.55 Å². The molecular weight excluding hydrogens is 485 g/mol. The van der Waals surface area contributed by atoms with E-state index in [0.29, 0.717) is 11.6 Å². The first kappa shape index (κ1) is 23.4. The van der Waals surface area contributed by atoms with Crippen molar-refractivity contribution in [3.8, 4) is 5.69 Å². The van der Waals surface area contributed by atoms with Crippen LogP contribution in [0, 0.1) is 19.8 Å². The Labute approximate surface area is 194 Å². The highest BCUT2D eigenvalue weighted by atomic mass is 35.5. The van der Waals surface area contributed by atoms with E-state index >= 15 is 0 Å². The van der Waals surface area contributed by atoms with Crippen LogP contribution in [0.1, 0.15) is 30.8 Å². The van der Waals surface area contributed by atoms with Crippen molar-refractivity contribution in [2.75, 3.05) is 10.5 Å². The van der Waals surface area contributed by atoms with Gasteiger partial charge in [-0.05, 0) is 50.1 Å². The van der Waals surface area contributed by atoms with Gasteiger partial charge in [-0.3, -0.25) is 9.29 Å². The molecule has 0 bridgehead atoms. The monoisotopic (exact) mass is 505 g/mol. The van der Waals surface area contributed by atoms with Crippen LogP contribution in [-0.4, -0.2) is 23.7 Å². The zero-order valence-electron chi connectivity index (χ0n) is 16.8. The molecule has 30 heavy (non-hydrogen) atoms. The standard InChI is InChI=1S/C19H21Cl2N3O3S3/c1-10(2)7-8-28-18-16-17(22-19(25)24(16)11(3)12(4)29-18)23-30(26,27)13-5-6-14(20)15(21)9-13/h5-6,9-10H,7-8H2,1-4H3,(H,22,23,25). The molecule has 0 fully saturated rings. The Bertz CT molecular complexity index is 1220. The van der Waals surface area contributed by atoms with Gasteiger partial charge < -0.3 is 0 Å². The Morgan fingerprint density at radius 3 is 2.57 bits per heavy atom. The fourth-order valence-electron chi connectivity index (χ4n) is 2.70. The molecule has 0 amide bonds. The van der Waals surface area contributed by atoms with E-state index in [1.807, 2.05) is 13.8 Å². The third-order valence-corrected chi connectivity index (χ3v) is 9.05. The summed E-state index contributed by atoms with van der Waals surface area (Å²) in [5, 5.41) is 0.374. The van der Waals surface area contributed by atoms with Gasteiger partial charge in [0.1, 0.15) is 5.69 Å². The van der Waals surface area contributed by atoms with Crippen LogP contribution in [-0.2, 0) is 10.0 Å². The van der Waals surface area contributed by atoms with Crippen molar-refractivity contribution in [3.63, 3.8) is 0 Å². The summed E-state index contributed by atoms with van der Waals surface area (Å²) >= 11 is 15.0. The SMILES string of the molecule is Cc1sc(SCCC(C)C)c2c(NS(=O)(=O)c3ccc(Cl)c(Cl)c3)nc(=O)n-2c1C. The van der Waals surface area contributed by atoms with E-state index in [9.17, 15) is 13.2 Å². The molecule has 1 aromatic rings. The minimum Gasteiger partial charge on any atom is -0.261 e. The second-order valence-electron chi connectivity index (χ2n) is 7.17. The van der Waals surface area contributed by atoms with Crippen molar-refractivity contribution in [3.05, 3.63) is 49.3 Å². The number of benzene rings is 1. The maximum Gasteiger partial charge on any atom is 0.354 e. The lowest BCUT2D eigenvalue weighted by molar-refractivity contribution is 0.601. The van der Waals surface area contributed by atoms with Crippen molar-refractivity contribution in [2.45, 2.75) is 43.2 Å². The third kappa shape index (κ3) is 4.80. The van der Waals surface area contributed by atoms with Gasteiger partial charge in [0.05, 0.1) is 19.1 Å². The number of rotatable bonds is 7. The van der Waals surface area contributed by atoms with Crippen molar-refractivity contribution < 1.29 is 8.42 Å². The summed E-state index contributed by atoms with van der Waals surface area (Å²) in [5.74, 6) is 1.40. The zero-order valence-corrected chi connectivity index (χ0v) is 20.8. The Kier molecular flexibility index (Phi) is 7.08. The first-order valence-electron chi connectivity index (χ1n) is 9.14. The molecule has 0 unspecified atom stereocenters. The molecule has 0 saturated carbocycles. The normalized spacial score (nSPS) is 12.1. The number of aryl methyl sites for hydroxylation is 1. The number of hydrogen-bond acceptors (Lipinski definition) is 6. The molecule has 0 saturated heterocycles. The molecule has 2 heterocycles. The molecule has 1 aromatic carbocycles. The number of nitrogens with zero attached hydrogens (tertiary/aromatic N) is 2. The molecular formula is C19H21Cl2N3O3S3. The summed E-state index contributed by atoms with van der Waals surface area (Å²) in [6.07, 6.45) is 0.999. The van der Waals surface area contributed by atoms with E-state index < -0.39 is 15.7 Å². The number of anilines is 1. The Morgan fingerprint density at radius 2 is 1.93 bits per heavy atom. The maximum atomic E-state index is 12.9. The molecule has 0 spiro atoms. The average molecular weight is 507 g/mol. The molecule has 0 aliphatic carbocycles. The molecule has 162 valence electrons. The number of sulfonamides is 1. The van der Waals surface area contributed by atoms with Crippen LogP contribution in [0.5, 0.6) is 0 Å². The minimum absolute atomic E-state index is 0.0115. The summed E-state index contributed by atoms with van der Waals surface area (Å²) in [6, 6.07) is 4.02. The fraction of sp³-hybridized carbons (Fsp3) is 0.368. The van der Waals surface area contributed by atoms with Crippen LogP contribution >= 0.6 is 46.3 Å². The van der Waals surface area contributed by atoms with E-state index in [1.165, 1.54) is 34.1 Å². The molecule has 2 aliphatic heterocycles. The number of aromatic nitrogens is 2. The largest absolute Gasteiger partial charge is 0.354 e. The lowest BCUT2D eigenvalue weighted by Crippen LogP contribution is -2.17. The Balaban J connectivity index is 2.07. The number of imidazole rings is 1. The van der Waals surface area contributed by atoms with E-state index in [-0.39, 0.29) is 20.8 Å². The number of nitrogens with one attached hydrogen (secondary N) is 1. The quantitative estimate of drug-likeness (QED) is 0.423. The smallest absolute Gasteiger partial charge is 0.261 e. The highest BCUT2D eigenvalue weighted by Gasteiger charge is 2.27. The van der Waals surface area contributed by atoms with E-state index in [1.54, 1.807) is 11.8 Å². The van der Waals surface area contributed by atoms with Gasteiger partial charge in [0.15, 0.2) is 5.82 Å². The summed E-state index contributed by atoms with van der Waals surface area (Å²) in [6.45, 7) is 8.04. The predicted molar refractivity (Wildman–Crippen MR) is 126 cm³/mol. The number of fused-ring (bicyclic) bond motifs is 1. The van der Waals surface area contributed by atoms with Crippen molar-refractivity contribution >= 4 is 62.1 Å². The predicted octanol–water partition coefficient (Wildman–Crippen LogP) is 5.59. The molecule has 1 N–H and O–H groups in total. The van der Waals surface area contributed by atoms with Gasteiger partial charge >= 0.3 is 5.69 Å². The first-order valence-corrected chi connectivity index (χ1v) is 13.2. The van der Waals surface area contributed by atoms with Crippen LogP contribution in [0.15, 0.2) is 32.1 Å². The van der Waals surface area contributed by atoms with Gasteiger partial charge in [0.2, 0.25) is 0 Å². The van der Waals surface area contributed by atoms with Crippen LogP contribution in [0.3, 0.4) is 0 Å². The van der Waals surface area contributed by atoms with Gasteiger partial charge in [0.25, 0.3) is 10.0 Å². The van der Waals surface area contributed by atoms with Crippen LogP contribution < -0.4 is 10.4 Å². The molecule has 11 heteroatoms. The van der Waals surface area contributed by atoms with Crippen molar-refractivity contribution in [1.29, 1.82) is 0 Å². The molecule has 0 atom stereocenters. The van der Waals surface area contributed by atoms with Gasteiger partial charge in [-0.1, -0.05) is 37.0 Å². The highest BCUT2D eigenvalue weighted by Crippen LogP contribution is 2.39. The number of hydrogen-bond donors (Lipinski definition) is 1. The summed E-state index contributed by atoms with van der Waals surface area (Å²) in [5.41, 5.74) is 0.696. The van der Waals surface area contributed by atoms with E-state index in [2.05, 4.69) is 23.6 Å². The summed E-state index contributed by atoms with van der Waals surface area (Å²) in [4.78, 5) is 17.5. The summed E-state index contributed by atoms with van der Waals surface area (Å²) < 4.78 is 30.6. The fourth-order valence-corrected chi connectivity index (χ4v) is 6.86. The third-order valence-electron chi connectivity index (χ3n) is 4.49. The summed E-state index contributed by atoms with van der Waals surface area (Å²) in [7, 11) is -4.02. The van der Waals surface area contributed by atoms with E-state index in [4.69, 9.17) is 23.2 Å². The average Bonchev–Trinajstić information content (AvgIpc) is 2.96. The van der Waals surface area contributed by atoms with E-state index in [0.717, 1.165) is 27.0 Å². The molecule has 2 aliphatic rings. The van der Waals surface area contributed by atoms with Gasteiger partial charge in [-0.25, -0.2) is 13.2 Å². The topological polar surface area (TPSA) is 81.1 Å². The Morgan fingerprint density at radius 1 is 1.23 bits per heavy atom.